The molecule has 0 aromatic rings. The molecule has 2 rings (SSSR count). The molecule has 0 aromatic heterocycles. The number of nitrogens with one attached hydrogen (secondary N) is 1. The maximum atomic E-state index is 11.0. The Morgan fingerprint density at radius 2 is 2.38 bits per heavy atom. The number of carbonyl (C=O) groups is 2. The highest BCUT2D eigenvalue weighted by Crippen LogP contribution is 2.19. The molecule has 0 saturated heterocycles. The lowest BCUT2D eigenvalue weighted by Gasteiger charge is -2.17. The Morgan fingerprint density at radius 3 is 2.94 bits per heavy atom. The van der Waals surface area contributed by atoms with Gasteiger partial charge in [-0.2, -0.15) is 0 Å². The normalized spacial score (nSPS) is 23.9. The van der Waals surface area contributed by atoms with Gasteiger partial charge < -0.3 is 10.4 Å². The maximum absolute atomic E-state index is 11.0. The molecule has 6 heteroatoms. The summed E-state index contributed by atoms with van der Waals surface area (Å²) in [7, 11) is 0. The number of amides is 1. The molecule has 0 radical (unpaired) electrons. The minimum absolute atomic E-state index is 0.0753. The first-order chi connectivity index (χ1) is 7.59. The smallest absolute Gasteiger partial charge is 0.336 e. The summed E-state index contributed by atoms with van der Waals surface area (Å²) in [5, 5.41) is 11.5. The number of allylic oxidation sites excluding steroid dienone is 2. The van der Waals surface area contributed by atoms with Crippen LogP contribution in [-0.4, -0.2) is 34.2 Å². The maximum Gasteiger partial charge on any atom is 0.336 e. The van der Waals surface area contributed by atoms with Gasteiger partial charge in [0, 0.05) is 4.86 Å². The zero-order valence-electron chi connectivity index (χ0n) is 8.14. The van der Waals surface area contributed by atoms with Crippen molar-refractivity contribution in [2.75, 3.05) is 6.54 Å². The predicted octanol–water partition coefficient (Wildman–Crippen LogP) is 0.0816. The second-order valence-corrected chi connectivity index (χ2v) is 3.80. The zero-order chi connectivity index (χ0) is 11.7. The molecular weight excluding hydrogens is 228 g/mol. The first kappa shape index (κ1) is 10.7. The highest BCUT2D eigenvalue weighted by atomic mass is 32.1. The van der Waals surface area contributed by atoms with Gasteiger partial charge in [-0.05, 0) is 6.08 Å². The van der Waals surface area contributed by atoms with Crippen molar-refractivity contribution < 1.29 is 14.7 Å². The first-order valence-electron chi connectivity index (χ1n) is 4.60. The van der Waals surface area contributed by atoms with Gasteiger partial charge in [-0.3, -0.25) is 9.79 Å². The zero-order valence-corrected chi connectivity index (χ0v) is 8.95. The number of amidine groups is 1. The summed E-state index contributed by atoms with van der Waals surface area (Å²) in [6, 6.07) is 0. The van der Waals surface area contributed by atoms with Gasteiger partial charge in [-0.15, -0.1) is 0 Å². The second-order valence-electron chi connectivity index (χ2n) is 3.36. The Balaban J connectivity index is 2.24. The molecule has 0 aromatic carbocycles. The minimum atomic E-state index is -1.07. The van der Waals surface area contributed by atoms with E-state index in [1.165, 1.54) is 6.08 Å². The minimum Gasteiger partial charge on any atom is -0.478 e. The Morgan fingerprint density at radius 1 is 1.62 bits per heavy atom. The molecule has 2 N–H and O–H groups in total. The van der Waals surface area contributed by atoms with E-state index in [-0.39, 0.29) is 22.9 Å². The van der Waals surface area contributed by atoms with Crippen LogP contribution in [0.4, 0.5) is 0 Å². The van der Waals surface area contributed by atoms with Crippen LogP contribution in [-0.2, 0) is 9.59 Å². The van der Waals surface area contributed by atoms with Crippen molar-refractivity contribution in [2.45, 2.75) is 0 Å². The van der Waals surface area contributed by atoms with Crippen LogP contribution in [0.3, 0.4) is 0 Å². The molecule has 1 aliphatic heterocycles. The van der Waals surface area contributed by atoms with Crippen LogP contribution in [0.25, 0.3) is 0 Å². The fraction of sp³-hybridized carbons (Fsp3) is 0.200. The average molecular weight is 236 g/mol. The Kier molecular flexibility index (Phi) is 2.66. The van der Waals surface area contributed by atoms with Crippen molar-refractivity contribution in [3.05, 3.63) is 23.8 Å². The Hall–Kier alpha value is -1.82. The summed E-state index contributed by atoms with van der Waals surface area (Å²) in [4.78, 5) is 26.1. The highest BCUT2D eigenvalue weighted by Gasteiger charge is 2.29. The van der Waals surface area contributed by atoms with E-state index in [4.69, 9.17) is 17.3 Å². The number of aliphatic imine (C=N–C) groups is 1. The number of carboxylic acid groups (broad SMARTS) is 1. The van der Waals surface area contributed by atoms with Crippen molar-refractivity contribution in [1.82, 2.24) is 5.32 Å². The van der Waals surface area contributed by atoms with E-state index in [1.54, 1.807) is 12.2 Å². The lowest BCUT2D eigenvalue weighted by Crippen LogP contribution is -2.35. The molecule has 82 valence electrons. The number of carbonyl (C=O) groups excluding carboxylic acids is 1. The Labute approximate surface area is 96.6 Å². The third kappa shape index (κ3) is 1.79. The lowest BCUT2D eigenvalue weighted by molar-refractivity contribution is -0.132. The van der Waals surface area contributed by atoms with E-state index in [9.17, 15) is 9.59 Å². The monoisotopic (exact) mass is 236 g/mol. The lowest BCUT2D eigenvalue weighted by atomic mass is 9.93. The number of hydrogen-bond acceptors (Lipinski definition) is 4. The quantitative estimate of drug-likeness (QED) is 0.666. The molecule has 0 spiro atoms. The number of aliphatic carboxylic acids is 1. The fourth-order valence-electron chi connectivity index (χ4n) is 1.55. The number of thiocarbonyl (C=S) groups is 1. The largest absolute Gasteiger partial charge is 0.478 e. The summed E-state index contributed by atoms with van der Waals surface area (Å²) in [6.45, 7) is 0.0778. The Bertz CT molecular complexity index is 476. The fourth-order valence-corrected chi connectivity index (χ4v) is 1.89. The molecule has 5 nitrogen and oxygen atoms in total. The summed E-state index contributed by atoms with van der Waals surface area (Å²) in [6.07, 6.45) is 4.77. The van der Waals surface area contributed by atoms with Crippen LogP contribution < -0.4 is 5.32 Å². The van der Waals surface area contributed by atoms with Crippen molar-refractivity contribution >= 4 is 34.8 Å². The molecule has 1 unspecified atom stereocenters. The SMILES string of the molecule is O=C1CN=C(C2C=CC=C(C(=O)O)C2=S)N1. The van der Waals surface area contributed by atoms with Crippen LogP contribution in [0.5, 0.6) is 0 Å². The third-order valence-electron chi connectivity index (χ3n) is 2.30. The third-order valence-corrected chi connectivity index (χ3v) is 2.77. The van der Waals surface area contributed by atoms with Gasteiger partial charge in [0.15, 0.2) is 0 Å². The van der Waals surface area contributed by atoms with Gasteiger partial charge in [-0.1, -0.05) is 24.4 Å². The summed E-state index contributed by atoms with van der Waals surface area (Å²) in [5.41, 5.74) is 0.0753. The van der Waals surface area contributed by atoms with Crippen molar-refractivity contribution in [1.29, 1.82) is 0 Å². The number of hydrogen-bond donors (Lipinski definition) is 2. The predicted molar refractivity (Wildman–Crippen MR) is 61.4 cm³/mol. The van der Waals surface area contributed by atoms with E-state index in [1.807, 2.05) is 0 Å². The summed E-state index contributed by atoms with van der Waals surface area (Å²) >= 11 is 5.07. The highest BCUT2D eigenvalue weighted by molar-refractivity contribution is 7.81. The second kappa shape index (κ2) is 3.97. The van der Waals surface area contributed by atoms with Crippen LogP contribution in [0, 0.1) is 5.92 Å². The first-order valence-corrected chi connectivity index (χ1v) is 5.00. The van der Waals surface area contributed by atoms with E-state index >= 15 is 0 Å². The molecule has 0 fully saturated rings. The van der Waals surface area contributed by atoms with Crippen molar-refractivity contribution in [2.24, 2.45) is 10.9 Å². The van der Waals surface area contributed by atoms with Crippen LogP contribution >= 0.6 is 12.2 Å². The van der Waals surface area contributed by atoms with Crippen molar-refractivity contribution in [3.63, 3.8) is 0 Å². The van der Waals surface area contributed by atoms with E-state index in [2.05, 4.69) is 10.3 Å². The molecule has 1 heterocycles. The van der Waals surface area contributed by atoms with Crippen LogP contribution in [0.2, 0.25) is 0 Å². The molecular formula is C10H8N2O3S. The van der Waals surface area contributed by atoms with E-state index in [0.29, 0.717) is 5.84 Å². The van der Waals surface area contributed by atoms with Gasteiger partial charge in [0.2, 0.25) is 5.91 Å². The van der Waals surface area contributed by atoms with Crippen molar-refractivity contribution in [3.8, 4) is 0 Å². The topological polar surface area (TPSA) is 78.8 Å². The van der Waals surface area contributed by atoms with Crippen LogP contribution in [0.1, 0.15) is 0 Å². The summed E-state index contributed by atoms with van der Waals surface area (Å²) in [5.74, 6) is -1.25. The molecule has 2 aliphatic rings. The number of nitrogens with zero attached hydrogens (tertiary/aromatic N) is 1. The van der Waals surface area contributed by atoms with Gasteiger partial charge in [0.25, 0.3) is 0 Å². The number of carboxylic acids is 1. The molecule has 1 amide bonds. The van der Waals surface area contributed by atoms with Gasteiger partial charge >= 0.3 is 5.97 Å². The van der Waals surface area contributed by atoms with Gasteiger partial charge in [0.1, 0.15) is 12.4 Å². The van der Waals surface area contributed by atoms with E-state index in [0.717, 1.165) is 0 Å². The molecule has 1 atom stereocenters. The number of rotatable bonds is 2. The average Bonchev–Trinajstić information content (AvgIpc) is 2.64. The molecule has 0 saturated carbocycles. The van der Waals surface area contributed by atoms with E-state index < -0.39 is 11.9 Å². The van der Waals surface area contributed by atoms with Gasteiger partial charge in [-0.25, -0.2) is 4.79 Å². The molecule has 16 heavy (non-hydrogen) atoms. The molecule has 1 aliphatic carbocycles. The van der Waals surface area contributed by atoms with Crippen LogP contribution in [0.15, 0.2) is 28.8 Å². The molecule has 0 bridgehead atoms. The summed E-state index contributed by atoms with van der Waals surface area (Å²) < 4.78 is 0. The standard InChI is InChI=1S/C10H8N2O3S/c13-7-4-11-9(12-7)5-2-1-3-6(8(5)16)10(14)15/h1-3,5H,4H2,(H,14,15)(H,11,12,13). The van der Waals surface area contributed by atoms with Gasteiger partial charge in [0.05, 0.1) is 11.5 Å².